The molecular weight excluding hydrogens is 358 g/mol. The molecule has 2 aliphatic heterocycles. The fraction of sp³-hybridized carbons (Fsp3) is 0.450. The highest BCUT2D eigenvalue weighted by molar-refractivity contribution is 7.98. The first-order valence-corrected chi connectivity index (χ1v) is 10.4. The zero-order valence-electron chi connectivity index (χ0n) is 15.6. The Morgan fingerprint density at radius 2 is 1.93 bits per heavy atom. The molecule has 1 saturated heterocycles. The van der Waals surface area contributed by atoms with Gasteiger partial charge in [0.2, 0.25) is 11.8 Å². The van der Waals surface area contributed by atoms with Gasteiger partial charge in [-0.25, -0.2) is 4.98 Å². The number of fused-ring (bicyclic) bond motifs is 1. The Labute approximate surface area is 163 Å². The summed E-state index contributed by atoms with van der Waals surface area (Å²) in [7, 11) is 0. The van der Waals surface area contributed by atoms with E-state index in [0.29, 0.717) is 23.4 Å². The van der Waals surface area contributed by atoms with Gasteiger partial charge in [0, 0.05) is 23.1 Å². The third kappa shape index (κ3) is 3.87. The molecule has 2 N–H and O–H groups in total. The summed E-state index contributed by atoms with van der Waals surface area (Å²) in [6.07, 6.45) is 2.14. The van der Waals surface area contributed by atoms with Crippen molar-refractivity contribution in [2.45, 2.75) is 44.2 Å². The zero-order valence-corrected chi connectivity index (χ0v) is 16.4. The van der Waals surface area contributed by atoms with Gasteiger partial charge in [-0.1, -0.05) is 0 Å². The Bertz CT molecular complexity index is 879. The average molecular weight is 382 g/mol. The Balaban J connectivity index is 1.65. The predicted molar refractivity (Wildman–Crippen MR) is 107 cm³/mol. The minimum Gasteiger partial charge on any atom is -0.438 e. The number of anilines is 1. The summed E-state index contributed by atoms with van der Waals surface area (Å²) < 4.78 is 6.29. The van der Waals surface area contributed by atoms with Crippen molar-refractivity contribution in [2.24, 2.45) is 0 Å². The number of thioether (sulfide) groups is 1. The fourth-order valence-electron chi connectivity index (χ4n) is 3.59. The molecule has 0 bridgehead atoms. The van der Waals surface area contributed by atoms with Crippen molar-refractivity contribution < 1.29 is 4.74 Å². The van der Waals surface area contributed by atoms with Crippen molar-refractivity contribution in [2.75, 3.05) is 18.4 Å². The van der Waals surface area contributed by atoms with Crippen molar-refractivity contribution in [3.05, 3.63) is 40.1 Å². The lowest BCUT2D eigenvalue weighted by Gasteiger charge is -2.24. The van der Waals surface area contributed by atoms with Crippen LogP contribution in [0.1, 0.15) is 40.8 Å². The van der Waals surface area contributed by atoms with E-state index < -0.39 is 0 Å². The van der Waals surface area contributed by atoms with Gasteiger partial charge >= 0.3 is 0 Å². The van der Waals surface area contributed by atoms with Gasteiger partial charge < -0.3 is 15.4 Å². The summed E-state index contributed by atoms with van der Waals surface area (Å²) in [5.74, 6) is 3.83. The van der Waals surface area contributed by atoms with E-state index in [1.54, 1.807) is 0 Å². The lowest BCUT2D eigenvalue weighted by atomic mass is 10.1. The number of hydrogen-bond acceptors (Lipinski definition) is 7. The van der Waals surface area contributed by atoms with Crippen LogP contribution in [-0.4, -0.2) is 29.1 Å². The number of rotatable bonds is 4. The van der Waals surface area contributed by atoms with E-state index in [2.05, 4.69) is 16.7 Å². The van der Waals surface area contributed by atoms with Gasteiger partial charge in [-0.2, -0.15) is 22.0 Å². The van der Waals surface area contributed by atoms with E-state index in [-0.39, 0.29) is 0 Å². The second-order valence-corrected chi connectivity index (χ2v) is 8.08. The molecule has 7 heteroatoms. The molecule has 6 nitrogen and oxygen atoms in total. The first-order valence-electron chi connectivity index (χ1n) is 9.28. The van der Waals surface area contributed by atoms with Crippen molar-refractivity contribution in [3.63, 3.8) is 0 Å². The first-order chi connectivity index (χ1) is 13.1. The molecule has 140 valence electrons. The molecule has 0 saturated carbocycles. The molecule has 1 aromatic carbocycles. The quantitative estimate of drug-likeness (QED) is 0.836. The molecule has 3 heterocycles. The van der Waals surface area contributed by atoms with Gasteiger partial charge in [0.05, 0.1) is 17.3 Å². The fourth-order valence-corrected chi connectivity index (χ4v) is 4.62. The topological polar surface area (TPSA) is 82.9 Å². The second kappa shape index (κ2) is 7.75. The lowest BCUT2D eigenvalue weighted by Crippen LogP contribution is -2.35. The van der Waals surface area contributed by atoms with Crippen LogP contribution < -0.4 is 15.4 Å². The maximum absolute atomic E-state index is 9.16. The van der Waals surface area contributed by atoms with Gasteiger partial charge in [-0.3, -0.25) is 0 Å². The summed E-state index contributed by atoms with van der Waals surface area (Å²) in [5, 5.41) is 16.0. The van der Waals surface area contributed by atoms with E-state index in [0.717, 1.165) is 65.6 Å². The van der Waals surface area contributed by atoms with Crippen LogP contribution in [0.3, 0.4) is 0 Å². The number of benzene rings is 1. The number of piperidine rings is 1. The smallest absolute Gasteiger partial charge is 0.228 e. The van der Waals surface area contributed by atoms with E-state index >= 15 is 0 Å². The molecule has 4 rings (SSSR count). The number of nitriles is 1. The second-order valence-electron chi connectivity index (χ2n) is 7.09. The van der Waals surface area contributed by atoms with Crippen LogP contribution in [0.2, 0.25) is 0 Å². The minimum atomic E-state index is 0.393. The van der Waals surface area contributed by atoms with Crippen molar-refractivity contribution in [1.82, 2.24) is 15.3 Å². The molecule has 0 aliphatic carbocycles. The summed E-state index contributed by atoms with van der Waals surface area (Å²) in [5.41, 5.74) is 4.67. The Morgan fingerprint density at radius 1 is 1.19 bits per heavy atom. The maximum Gasteiger partial charge on any atom is 0.228 e. The molecule has 1 fully saturated rings. The van der Waals surface area contributed by atoms with E-state index in [1.165, 1.54) is 0 Å². The highest BCUT2D eigenvalue weighted by Gasteiger charge is 2.24. The van der Waals surface area contributed by atoms with Gasteiger partial charge in [0.25, 0.3) is 0 Å². The number of aryl methyl sites for hydroxylation is 2. The van der Waals surface area contributed by atoms with Gasteiger partial charge in [-0.15, -0.1) is 0 Å². The largest absolute Gasteiger partial charge is 0.438 e. The molecular formula is C20H23N5OS. The normalized spacial score (nSPS) is 16.6. The van der Waals surface area contributed by atoms with Crippen molar-refractivity contribution in [1.29, 1.82) is 5.26 Å². The van der Waals surface area contributed by atoms with E-state index in [1.807, 2.05) is 37.7 Å². The lowest BCUT2D eigenvalue weighted by molar-refractivity contribution is 0.447. The summed E-state index contributed by atoms with van der Waals surface area (Å²) in [4.78, 5) is 9.45. The van der Waals surface area contributed by atoms with Crippen LogP contribution in [0.4, 0.5) is 5.95 Å². The molecule has 0 radical (unpaired) electrons. The van der Waals surface area contributed by atoms with Gasteiger partial charge in [0.1, 0.15) is 5.75 Å². The van der Waals surface area contributed by atoms with Gasteiger partial charge in [0.15, 0.2) is 0 Å². The monoisotopic (exact) mass is 381 g/mol. The molecule has 1 aromatic heterocycles. The highest BCUT2D eigenvalue weighted by atomic mass is 32.2. The highest BCUT2D eigenvalue weighted by Crippen LogP contribution is 2.38. The average Bonchev–Trinajstić information content (AvgIpc) is 3.14. The molecule has 0 atom stereocenters. The first kappa shape index (κ1) is 18.1. The Hall–Kier alpha value is -2.30. The summed E-state index contributed by atoms with van der Waals surface area (Å²) >= 11 is 1.83. The van der Waals surface area contributed by atoms with Crippen LogP contribution in [0.25, 0.3) is 0 Å². The number of ether oxygens (including phenoxy) is 1. The van der Waals surface area contributed by atoms with Gasteiger partial charge in [-0.05, 0) is 63.0 Å². The van der Waals surface area contributed by atoms with Crippen molar-refractivity contribution in [3.8, 4) is 17.7 Å². The number of nitrogens with one attached hydrogen (secondary N) is 2. The zero-order chi connectivity index (χ0) is 18.8. The van der Waals surface area contributed by atoms with Crippen LogP contribution >= 0.6 is 11.8 Å². The van der Waals surface area contributed by atoms with Crippen LogP contribution in [0.15, 0.2) is 12.1 Å². The number of nitrogens with zero attached hydrogens (tertiary/aromatic N) is 3. The van der Waals surface area contributed by atoms with Crippen LogP contribution in [0.5, 0.6) is 11.6 Å². The van der Waals surface area contributed by atoms with Crippen LogP contribution in [0, 0.1) is 25.2 Å². The van der Waals surface area contributed by atoms with Crippen LogP contribution in [-0.2, 0) is 11.5 Å². The molecule has 0 unspecified atom stereocenters. The van der Waals surface area contributed by atoms with Crippen molar-refractivity contribution >= 4 is 17.7 Å². The summed E-state index contributed by atoms with van der Waals surface area (Å²) in [6.45, 7) is 5.97. The Kier molecular flexibility index (Phi) is 5.19. The molecule has 0 spiro atoms. The van der Waals surface area contributed by atoms with E-state index in [9.17, 15) is 0 Å². The third-order valence-electron chi connectivity index (χ3n) is 5.00. The molecule has 27 heavy (non-hydrogen) atoms. The summed E-state index contributed by atoms with van der Waals surface area (Å²) in [6, 6.07) is 6.30. The van der Waals surface area contributed by atoms with E-state index in [4.69, 9.17) is 20.0 Å². The third-order valence-corrected chi connectivity index (χ3v) is 5.97. The number of aromatic nitrogens is 2. The number of hydrogen-bond donors (Lipinski definition) is 2. The minimum absolute atomic E-state index is 0.393. The SMILES string of the molecule is Cc1cc(C#N)cc(C)c1Oc1nc(NC2CCNCC2)nc2c1CSC2. The molecule has 0 amide bonds. The Morgan fingerprint density at radius 3 is 2.63 bits per heavy atom. The molecule has 2 aromatic rings. The standard InChI is InChI=1S/C20H23N5OS/c1-12-7-14(9-21)8-13(2)18(12)26-19-16-10-27-11-17(16)24-20(25-19)23-15-3-5-22-6-4-15/h7-8,15,22H,3-6,10-11H2,1-2H3,(H,23,24,25). The predicted octanol–water partition coefficient (Wildman–Crippen LogP) is 3.67. The molecule has 2 aliphatic rings. The maximum atomic E-state index is 9.16.